The second kappa shape index (κ2) is 5.87. The van der Waals surface area contributed by atoms with Gasteiger partial charge in [0, 0.05) is 5.56 Å². The molecule has 0 aromatic heterocycles. The monoisotopic (exact) mass is 261 g/mol. The maximum absolute atomic E-state index is 11.8. The number of carboxylic acids is 1. The molecule has 1 aromatic carbocycles. The van der Waals surface area contributed by atoms with Gasteiger partial charge in [0.1, 0.15) is 6.04 Å². The SMILES string of the molecule is CC(NC(=O)c1ccc(C2CCCC2)cc1)C(=O)O. The molecule has 1 unspecified atom stereocenters. The number of nitrogens with one attached hydrogen (secondary N) is 1. The molecule has 1 atom stereocenters. The first-order chi connectivity index (χ1) is 9.08. The molecular formula is C15H19NO3. The zero-order valence-corrected chi connectivity index (χ0v) is 11.1. The highest BCUT2D eigenvalue weighted by molar-refractivity contribution is 5.96. The summed E-state index contributed by atoms with van der Waals surface area (Å²) in [7, 11) is 0. The van der Waals surface area contributed by atoms with E-state index in [0.717, 1.165) is 0 Å². The zero-order valence-electron chi connectivity index (χ0n) is 11.1. The van der Waals surface area contributed by atoms with Gasteiger partial charge in [-0.05, 0) is 43.4 Å². The van der Waals surface area contributed by atoms with Crippen molar-refractivity contribution in [1.29, 1.82) is 0 Å². The predicted molar refractivity (Wildman–Crippen MR) is 72.2 cm³/mol. The average molecular weight is 261 g/mol. The van der Waals surface area contributed by atoms with Crippen LogP contribution >= 0.6 is 0 Å². The van der Waals surface area contributed by atoms with Gasteiger partial charge in [-0.3, -0.25) is 9.59 Å². The minimum atomic E-state index is -1.03. The van der Waals surface area contributed by atoms with Crippen LogP contribution in [-0.4, -0.2) is 23.0 Å². The maximum Gasteiger partial charge on any atom is 0.325 e. The van der Waals surface area contributed by atoms with Gasteiger partial charge in [-0.2, -0.15) is 0 Å². The van der Waals surface area contributed by atoms with Crippen LogP contribution in [0, 0.1) is 0 Å². The molecule has 102 valence electrons. The Kier molecular flexibility index (Phi) is 4.20. The fourth-order valence-electron chi connectivity index (χ4n) is 2.51. The first kappa shape index (κ1) is 13.6. The summed E-state index contributed by atoms with van der Waals surface area (Å²) in [4.78, 5) is 22.5. The van der Waals surface area contributed by atoms with E-state index in [1.54, 1.807) is 12.1 Å². The number of hydrogen-bond donors (Lipinski definition) is 2. The van der Waals surface area contributed by atoms with Crippen molar-refractivity contribution in [2.45, 2.75) is 44.6 Å². The topological polar surface area (TPSA) is 66.4 Å². The predicted octanol–water partition coefficient (Wildman–Crippen LogP) is 2.55. The summed E-state index contributed by atoms with van der Waals surface area (Å²) in [5.74, 6) is -0.751. The summed E-state index contributed by atoms with van der Waals surface area (Å²) < 4.78 is 0. The largest absolute Gasteiger partial charge is 0.480 e. The molecule has 1 aliphatic carbocycles. The molecule has 1 amide bonds. The van der Waals surface area contributed by atoms with E-state index in [9.17, 15) is 9.59 Å². The summed E-state index contributed by atoms with van der Waals surface area (Å²) in [6.07, 6.45) is 5.01. The smallest absolute Gasteiger partial charge is 0.325 e. The van der Waals surface area contributed by atoms with Crippen LogP contribution in [-0.2, 0) is 4.79 Å². The molecule has 0 spiro atoms. The Bertz CT molecular complexity index is 461. The van der Waals surface area contributed by atoms with Crippen molar-refractivity contribution in [2.75, 3.05) is 0 Å². The highest BCUT2D eigenvalue weighted by atomic mass is 16.4. The summed E-state index contributed by atoms with van der Waals surface area (Å²) >= 11 is 0. The van der Waals surface area contributed by atoms with E-state index in [4.69, 9.17) is 5.11 Å². The molecule has 0 bridgehead atoms. The lowest BCUT2D eigenvalue weighted by molar-refractivity contribution is -0.138. The molecule has 1 saturated carbocycles. The van der Waals surface area contributed by atoms with E-state index in [1.165, 1.54) is 38.2 Å². The third-order valence-electron chi connectivity index (χ3n) is 3.72. The maximum atomic E-state index is 11.8. The van der Waals surface area contributed by atoms with Crippen LogP contribution in [0.15, 0.2) is 24.3 Å². The molecule has 19 heavy (non-hydrogen) atoms. The molecule has 0 radical (unpaired) electrons. The summed E-state index contributed by atoms with van der Waals surface area (Å²) in [5.41, 5.74) is 1.79. The van der Waals surface area contributed by atoms with E-state index in [1.807, 2.05) is 12.1 Å². The second-order valence-corrected chi connectivity index (χ2v) is 5.14. The zero-order chi connectivity index (χ0) is 13.8. The summed E-state index contributed by atoms with van der Waals surface area (Å²) in [6.45, 7) is 1.45. The van der Waals surface area contributed by atoms with Gasteiger partial charge in [-0.15, -0.1) is 0 Å². The van der Waals surface area contributed by atoms with Crippen molar-refractivity contribution in [3.8, 4) is 0 Å². The summed E-state index contributed by atoms with van der Waals surface area (Å²) in [6, 6.07) is 6.64. The quantitative estimate of drug-likeness (QED) is 0.875. The van der Waals surface area contributed by atoms with E-state index < -0.39 is 12.0 Å². The third kappa shape index (κ3) is 3.34. The molecule has 0 heterocycles. The molecular weight excluding hydrogens is 242 g/mol. The Morgan fingerprint density at radius 2 is 1.79 bits per heavy atom. The van der Waals surface area contributed by atoms with Gasteiger partial charge < -0.3 is 10.4 Å². The van der Waals surface area contributed by atoms with Crippen LogP contribution in [0.25, 0.3) is 0 Å². The number of aliphatic carboxylic acids is 1. The van der Waals surface area contributed by atoms with Crippen LogP contribution in [0.3, 0.4) is 0 Å². The fourth-order valence-corrected chi connectivity index (χ4v) is 2.51. The summed E-state index contributed by atoms with van der Waals surface area (Å²) in [5, 5.41) is 11.2. The van der Waals surface area contributed by atoms with Gasteiger partial charge in [-0.25, -0.2) is 0 Å². The number of amides is 1. The normalized spacial score (nSPS) is 17.1. The Labute approximate surface area is 112 Å². The van der Waals surface area contributed by atoms with Crippen molar-refractivity contribution in [3.63, 3.8) is 0 Å². The highest BCUT2D eigenvalue weighted by Gasteiger charge is 2.18. The van der Waals surface area contributed by atoms with Crippen molar-refractivity contribution < 1.29 is 14.7 Å². The molecule has 1 aliphatic rings. The standard InChI is InChI=1S/C15H19NO3/c1-10(15(18)19)16-14(17)13-8-6-12(7-9-13)11-4-2-3-5-11/h6-11H,2-5H2,1H3,(H,16,17)(H,18,19). The first-order valence-corrected chi connectivity index (χ1v) is 6.71. The van der Waals surface area contributed by atoms with E-state index in [-0.39, 0.29) is 5.91 Å². The lowest BCUT2D eigenvalue weighted by Gasteiger charge is -2.12. The van der Waals surface area contributed by atoms with Crippen molar-refractivity contribution in [1.82, 2.24) is 5.32 Å². The van der Waals surface area contributed by atoms with Crippen molar-refractivity contribution in [3.05, 3.63) is 35.4 Å². The van der Waals surface area contributed by atoms with Crippen molar-refractivity contribution in [2.24, 2.45) is 0 Å². The minimum Gasteiger partial charge on any atom is -0.480 e. The highest BCUT2D eigenvalue weighted by Crippen LogP contribution is 2.33. The first-order valence-electron chi connectivity index (χ1n) is 6.71. The van der Waals surface area contributed by atoms with Crippen LogP contribution in [0.5, 0.6) is 0 Å². The van der Waals surface area contributed by atoms with Gasteiger partial charge in [0.15, 0.2) is 0 Å². The third-order valence-corrected chi connectivity index (χ3v) is 3.72. The lowest BCUT2D eigenvalue weighted by Crippen LogP contribution is -2.38. The molecule has 0 saturated heterocycles. The second-order valence-electron chi connectivity index (χ2n) is 5.14. The van der Waals surface area contributed by atoms with Crippen LogP contribution in [0.1, 0.15) is 54.4 Å². The number of carbonyl (C=O) groups is 2. The number of hydrogen-bond acceptors (Lipinski definition) is 2. The Morgan fingerprint density at radius 1 is 1.21 bits per heavy atom. The average Bonchev–Trinajstić information content (AvgIpc) is 2.92. The van der Waals surface area contributed by atoms with Gasteiger partial charge >= 0.3 is 5.97 Å². The number of carbonyl (C=O) groups excluding carboxylic acids is 1. The van der Waals surface area contributed by atoms with Crippen LogP contribution in [0.4, 0.5) is 0 Å². The molecule has 4 heteroatoms. The Hall–Kier alpha value is -1.84. The lowest BCUT2D eigenvalue weighted by atomic mass is 9.96. The number of benzene rings is 1. The molecule has 0 aliphatic heterocycles. The molecule has 1 aromatic rings. The van der Waals surface area contributed by atoms with Gasteiger partial charge in [0.25, 0.3) is 5.91 Å². The molecule has 2 rings (SSSR count). The van der Waals surface area contributed by atoms with E-state index in [0.29, 0.717) is 11.5 Å². The number of carboxylic acid groups (broad SMARTS) is 1. The Balaban J connectivity index is 2.01. The minimum absolute atomic E-state index is 0.340. The Morgan fingerprint density at radius 3 is 2.32 bits per heavy atom. The van der Waals surface area contributed by atoms with Gasteiger partial charge in [-0.1, -0.05) is 25.0 Å². The molecule has 4 nitrogen and oxygen atoms in total. The fraction of sp³-hybridized carbons (Fsp3) is 0.467. The van der Waals surface area contributed by atoms with Gasteiger partial charge in [0.05, 0.1) is 0 Å². The van der Waals surface area contributed by atoms with E-state index in [2.05, 4.69) is 5.32 Å². The van der Waals surface area contributed by atoms with E-state index >= 15 is 0 Å². The van der Waals surface area contributed by atoms with Crippen LogP contribution < -0.4 is 5.32 Å². The molecule has 1 fully saturated rings. The van der Waals surface area contributed by atoms with Crippen LogP contribution in [0.2, 0.25) is 0 Å². The number of rotatable bonds is 4. The molecule has 2 N–H and O–H groups in total. The van der Waals surface area contributed by atoms with Crippen molar-refractivity contribution >= 4 is 11.9 Å². The van der Waals surface area contributed by atoms with Gasteiger partial charge in [0.2, 0.25) is 0 Å².